The second-order valence-corrected chi connectivity index (χ2v) is 15.7. The lowest BCUT2D eigenvalue weighted by Gasteiger charge is -2.28. The van der Waals surface area contributed by atoms with Gasteiger partial charge in [-0.25, -0.2) is 4.98 Å². The maximum absolute atomic E-state index is 5.09. The van der Waals surface area contributed by atoms with Gasteiger partial charge in [-0.05, 0) is 81.9 Å². The van der Waals surface area contributed by atoms with E-state index in [1.807, 2.05) is 11.3 Å². The largest absolute Gasteiger partial charge is 0.310 e. The number of fused-ring (bicyclic) bond motifs is 7. The normalized spacial score (nSPS) is 13.2. The molecule has 7 aromatic carbocycles. The van der Waals surface area contributed by atoms with Crippen molar-refractivity contribution >= 4 is 70.1 Å². The van der Waals surface area contributed by atoms with Crippen molar-refractivity contribution in [2.75, 3.05) is 4.90 Å². The van der Waals surface area contributed by atoms with Gasteiger partial charge in [-0.3, -0.25) is 0 Å². The summed E-state index contributed by atoms with van der Waals surface area (Å²) in [6.45, 7) is 4.71. The average Bonchev–Trinajstić information content (AvgIpc) is 3.82. The predicted molar refractivity (Wildman–Crippen MR) is 216 cm³/mol. The molecule has 0 amide bonds. The fourth-order valence-corrected chi connectivity index (χ4v) is 9.89. The highest BCUT2D eigenvalue weighted by Crippen LogP contribution is 2.51. The van der Waals surface area contributed by atoms with E-state index in [1.54, 1.807) is 11.3 Å². The van der Waals surface area contributed by atoms with Crippen molar-refractivity contribution in [2.24, 2.45) is 0 Å². The van der Waals surface area contributed by atoms with Crippen molar-refractivity contribution in [3.8, 4) is 32.8 Å². The van der Waals surface area contributed by atoms with Gasteiger partial charge in [0.1, 0.15) is 5.01 Å². The van der Waals surface area contributed by atoms with Crippen LogP contribution in [0.5, 0.6) is 0 Å². The summed E-state index contributed by atoms with van der Waals surface area (Å²) in [5, 5.41) is 3.66. The Morgan fingerprint density at radius 3 is 1.94 bits per heavy atom. The van der Waals surface area contributed by atoms with Gasteiger partial charge < -0.3 is 4.90 Å². The molecule has 0 saturated heterocycles. The fraction of sp³-hybridized carbons (Fsp3) is 0.0652. The van der Waals surface area contributed by atoms with Crippen molar-refractivity contribution in [1.82, 2.24) is 4.98 Å². The standard InChI is InChI=1S/C46H32N2S2/c1-46(2)39-14-8-6-12-35(39)36-23-20-32(26-40(36)46)48(33-21-24-38-37-13-7-9-15-42(37)49-43(38)27-33)34-22-25-41-44(28-34)50-45(47-41)31-18-16-30(17-19-31)29-10-4-3-5-11-29/h3-28H,1-2H3. The second-order valence-electron chi connectivity index (χ2n) is 13.6. The van der Waals surface area contributed by atoms with E-state index in [-0.39, 0.29) is 5.41 Å². The molecular weight excluding hydrogens is 645 g/mol. The molecule has 9 aromatic rings. The van der Waals surface area contributed by atoms with Crippen LogP contribution in [0, 0.1) is 0 Å². The Hall–Kier alpha value is -5.55. The highest BCUT2D eigenvalue weighted by atomic mass is 32.1. The molecule has 238 valence electrons. The SMILES string of the molecule is CC1(C)c2ccccc2-c2ccc(N(c3ccc4nc(-c5ccc(-c6ccccc6)cc5)sc4c3)c3ccc4c(c3)sc3ccccc34)cc21. The summed E-state index contributed by atoms with van der Waals surface area (Å²) >= 11 is 3.62. The van der Waals surface area contributed by atoms with Crippen molar-refractivity contribution in [2.45, 2.75) is 19.3 Å². The summed E-state index contributed by atoms with van der Waals surface area (Å²) in [6, 6.07) is 57.6. The molecule has 0 saturated carbocycles. The Bertz CT molecular complexity index is 2730. The van der Waals surface area contributed by atoms with Gasteiger partial charge in [-0.15, -0.1) is 22.7 Å². The molecule has 0 radical (unpaired) electrons. The lowest BCUT2D eigenvalue weighted by molar-refractivity contribution is 0.660. The maximum atomic E-state index is 5.09. The van der Waals surface area contributed by atoms with Crippen LogP contribution >= 0.6 is 22.7 Å². The van der Waals surface area contributed by atoms with Crippen LogP contribution < -0.4 is 4.90 Å². The summed E-state index contributed by atoms with van der Waals surface area (Å²) in [5.74, 6) is 0. The Labute approximate surface area is 299 Å². The first-order chi connectivity index (χ1) is 24.5. The van der Waals surface area contributed by atoms with E-state index in [1.165, 1.54) is 58.3 Å². The van der Waals surface area contributed by atoms with E-state index in [4.69, 9.17) is 4.98 Å². The van der Waals surface area contributed by atoms with Crippen LogP contribution in [0.3, 0.4) is 0 Å². The minimum Gasteiger partial charge on any atom is -0.310 e. The van der Waals surface area contributed by atoms with Crippen molar-refractivity contribution in [3.63, 3.8) is 0 Å². The van der Waals surface area contributed by atoms with Gasteiger partial charge in [0.25, 0.3) is 0 Å². The molecular formula is C46H32N2S2. The first kappa shape index (κ1) is 29.4. The zero-order chi connectivity index (χ0) is 33.4. The highest BCUT2D eigenvalue weighted by molar-refractivity contribution is 7.25. The molecule has 0 spiro atoms. The third-order valence-electron chi connectivity index (χ3n) is 10.3. The summed E-state index contributed by atoms with van der Waals surface area (Å²) in [6.07, 6.45) is 0. The third-order valence-corrected chi connectivity index (χ3v) is 12.5. The van der Waals surface area contributed by atoms with E-state index in [2.05, 4.69) is 176 Å². The molecule has 0 bridgehead atoms. The van der Waals surface area contributed by atoms with E-state index in [0.717, 1.165) is 33.1 Å². The quantitative estimate of drug-likeness (QED) is 0.180. The molecule has 10 rings (SSSR count). The van der Waals surface area contributed by atoms with Crippen molar-refractivity contribution in [3.05, 3.63) is 169 Å². The topological polar surface area (TPSA) is 16.1 Å². The summed E-state index contributed by atoms with van der Waals surface area (Å²) < 4.78 is 3.79. The number of thiophene rings is 1. The molecule has 0 atom stereocenters. The summed E-state index contributed by atoms with van der Waals surface area (Å²) in [4.78, 5) is 7.51. The number of hydrogen-bond donors (Lipinski definition) is 0. The molecule has 0 N–H and O–H groups in total. The number of aromatic nitrogens is 1. The lowest BCUT2D eigenvalue weighted by atomic mass is 9.82. The van der Waals surface area contributed by atoms with Gasteiger partial charge in [0.15, 0.2) is 0 Å². The van der Waals surface area contributed by atoms with Crippen LogP contribution in [0.2, 0.25) is 0 Å². The molecule has 0 fully saturated rings. The Morgan fingerprint density at radius 2 is 1.08 bits per heavy atom. The maximum Gasteiger partial charge on any atom is 0.124 e. The van der Waals surface area contributed by atoms with Crippen LogP contribution in [0.15, 0.2) is 158 Å². The number of rotatable bonds is 5. The zero-order valence-electron chi connectivity index (χ0n) is 27.7. The number of nitrogens with zero attached hydrogens (tertiary/aromatic N) is 2. The van der Waals surface area contributed by atoms with Gasteiger partial charge in [0.2, 0.25) is 0 Å². The highest BCUT2D eigenvalue weighted by Gasteiger charge is 2.35. The molecule has 2 nitrogen and oxygen atoms in total. The Balaban J connectivity index is 1.10. The Kier molecular flexibility index (Phi) is 6.61. The Morgan fingerprint density at radius 1 is 0.460 bits per heavy atom. The molecule has 4 heteroatoms. The molecule has 2 aromatic heterocycles. The zero-order valence-corrected chi connectivity index (χ0v) is 29.4. The van der Waals surface area contributed by atoms with Gasteiger partial charge in [-0.2, -0.15) is 0 Å². The number of thiazole rings is 1. The lowest BCUT2D eigenvalue weighted by Crippen LogP contribution is -2.16. The van der Waals surface area contributed by atoms with Gasteiger partial charge in [0, 0.05) is 48.2 Å². The van der Waals surface area contributed by atoms with Crippen LogP contribution in [0.4, 0.5) is 17.1 Å². The third kappa shape index (κ3) is 4.63. The second kappa shape index (κ2) is 11.2. The summed E-state index contributed by atoms with van der Waals surface area (Å²) in [5.41, 5.74) is 13.4. The average molecular weight is 677 g/mol. The minimum atomic E-state index is -0.0877. The first-order valence-electron chi connectivity index (χ1n) is 17.0. The van der Waals surface area contributed by atoms with Gasteiger partial charge in [-0.1, -0.05) is 123 Å². The molecule has 50 heavy (non-hydrogen) atoms. The molecule has 1 aliphatic carbocycles. The monoisotopic (exact) mass is 676 g/mol. The van der Waals surface area contributed by atoms with E-state index >= 15 is 0 Å². The molecule has 0 aliphatic heterocycles. The van der Waals surface area contributed by atoms with Gasteiger partial charge >= 0.3 is 0 Å². The molecule has 0 unspecified atom stereocenters. The van der Waals surface area contributed by atoms with E-state index in [0.29, 0.717) is 0 Å². The fourth-order valence-electron chi connectivity index (χ4n) is 7.74. The molecule has 1 aliphatic rings. The number of benzene rings is 7. The van der Waals surface area contributed by atoms with E-state index in [9.17, 15) is 0 Å². The molecule has 2 heterocycles. The minimum absolute atomic E-state index is 0.0877. The van der Waals surface area contributed by atoms with Crippen LogP contribution in [-0.4, -0.2) is 4.98 Å². The van der Waals surface area contributed by atoms with Crippen LogP contribution in [0.25, 0.3) is 63.2 Å². The smallest absolute Gasteiger partial charge is 0.124 e. The summed E-state index contributed by atoms with van der Waals surface area (Å²) in [7, 11) is 0. The van der Waals surface area contributed by atoms with Crippen molar-refractivity contribution in [1.29, 1.82) is 0 Å². The van der Waals surface area contributed by atoms with Crippen molar-refractivity contribution < 1.29 is 0 Å². The van der Waals surface area contributed by atoms with Crippen LogP contribution in [-0.2, 0) is 5.41 Å². The van der Waals surface area contributed by atoms with E-state index < -0.39 is 0 Å². The predicted octanol–water partition coefficient (Wildman–Crippen LogP) is 13.8. The number of hydrogen-bond acceptors (Lipinski definition) is 4. The van der Waals surface area contributed by atoms with Gasteiger partial charge in [0.05, 0.1) is 10.2 Å². The van der Waals surface area contributed by atoms with Crippen LogP contribution in [0.1, 0.15) is 25.0 Å². The first-order valence-corrected chi connectivity index (χ1v) is 18.7. The number of anilines is 3.